The number of amides is 1. The molecule has 0 atom stereocenters. The Morgan fingerprint density at radius 3 is 2.84 bits per heavy atom. The summed E-state index contributed by atoms with van der Waals surface area (Å²) in [5.41, 5.74) is 6.32. The van der Waals surface area contributed by atoms with Crippen LogP contribution in [0, 0.1) is 11.8 Å². The van der Waals surface area contributed by atoms with E-state index >= 15 is 0 Å². The number of aromatic nitrogens is 1. The van der Waals surface area contributed by atoms with Crippen molar-refractivity contribution in [2.75, 3.05) is 6.54 Å². The molecule has 0 unspecified atom stereocenters. The minimum atomic E-state index is -0.0948. The molecule has 0 aliphatic carbocycles. The van der Waals surface area contributed by atoms with Crippen molar-refractivity contribution in [2.24, 2.45) is 5.73 Å². The first-order chi connectivity index (χ1) is 9.29. The Hall–Kier alpha value is -2.16. The Morgan fingerprint density at radius 1 is 1.32 bits per heavy atom. The van der Waals surface area contributed by atoms with Gasteiger partial charge in [0.2, 0.25) is 0 Å². The molecule has 96 valence electrons. The molecule has 4 nitrogen and oxygen atoms in total. The summed E-state index contributed by atoms with van der Waals surface area (Å²) in [7, 11) is 0. The zero-order chi connectivity index (χ0) is 13.5. The van der Waals surface area contributed by atoms with Crippen molar-refractivity contribution in [3.05, 3.63) is 52.0 Å². The first-order valence-electron chi connectivity index (χ1n) is 5.75. The Bertz CT molecular complexity index is 610. The number of hydrogen-bond donors (Lipinski definition) is 2. The lowest BCUT2D eigenvalue weighted by atomic mass is 10.2. The lowest BCUT2D eigenvalue weighted by Gasteiger charge is -2.02. The van der Waals surface area contributed by atoms with Gasteiger partial charge in [-0.15, -0.1) is 11.3 Å². The molecule has 0 spiro atoms. The molecule has 0 bridgehead atoms. The highest BCUT2D eigenvalue weighted by molar-refractivity contribution is 7.14. The quantitative estimate of drug-likeness (QED) is 0.829. The normalized spacial score (nSPS) is 9.53. The van der Waals surface area contributed by atoms with Gasteiger partial charge in [-0.3, -0.25) is 9.78 Å². The summed E-state index contributed by atoms with van der Waals surface area (Å²) in [5, 5.41) is 2.86. The van der Waals surface area contributed by atoms with E-state index < -0.39 is 0 Å². The molecule has 1 amide bonds. The average molecular weight is 271 g/mol. The maximum absolute atomic E-state index is 11.9. The fourth-order valence-corrected chi connectivity index (χ4v) is 2.23. The molecule has 19 heavy (non-hydrogen) atoms. The van der Waals surface area contributed by atoms with Crippen molar-refractivity contribution in [3.63, 3.8) is 0 Å². The van der Waals surface area contributed by atoms with Crippen LogP contribution in [0.25, 0.3) is 0 Å². The molecule has 0 radical (unpaired) electrons. The molecule has 0 aromatic carbocycles. The lowest BCUT2D eigenvalue weighted by molar-refractivity contribution is 0.0955. The Labute approximate surface area is 115 Å². The van der Waals surface area contributed by atoms with Crippen molar-refractivity contribution >= 4 is 17.2 Å². The molecule has 2 heterocycles. The maximum Gasteiger partial charge on any atom is 0.261 e. The number of nitrogens with two attached hydrogens (primary N) is 1. The van der Waals surface area contributed by atoms with Crippen molar-refractivity contribution in [3.8, 4) is 11.8 Å². The predicted octanol–water partition coefficient (Wildman–Crippen LogP) is 1.38. The van der Waals surface area contributed by atoms with E-state index in [0.29, 0.717) is 18.0 Å². The maximum atomic E-state index is 11.9. The molecular formula is C14H13N3OS. The van der Waals surface area contributed by atoms with E-state index in [1.54, 1.807) is 18.5 Å². The third kappa shape index (κ3) is 3.91. The van der Waals surface area contributed by atoms with Crippen LogP contribution < -0.4 is 11.1 Å². The summed E-state index contributed by atoms with van der Waals surface area (Å²) in [6.07, 6.45) is 3.40. The van der Waals surface area contributed by atoms with Gasteiger partial charge in [0.25, 0.3) is 5.91 Å². The van der Waals surface area contributed by atoms with Gasteiger partial charge in [0, 0.05) is 18.9 Å². The van der Waals surface area contributed by atoms with Crippen LogP contribution in [0.3, 0.4) is 0 Å². The largest absolute Gasteiger partial charge is 0.347 e. The number of carbonyl (C=O) groups is 1. The molecule has 2 aromatic heterocycles. The number of thiophene rings is 1. The van der Waals surface area contributed by atoms with Crippen LogP contribution in [-0.4, -0.2) is 17.4 Å². The zero-order valence-corrected chi connectivity index (χ0v) is 11.0. The lowest BCUT2D eigenvalue weighted by Crippen LogP contribution is -2.21. The third-order valence-electron chi connectivity index (χ3n) is 2.35. The van der Waals surface area contributed by atoms with Crippen molar-refractivity contribution in [1.82, 2.24) is 10.3 Å². The highest BCUT2D eigenvalue weighted by atomic mass is 32.1. The Kier molecular flexibility index (Phi) is 4.67. The van der Waals surface area contributed by atoms with Crippen molar-refractivity contribution < 1.29 is 4.79 Å². The molecule has 5 heteroatoms. The fourth-order valence-electron chi connectivity index (χ4n) is 1.44. The van der Waals surface area contributed by atoms with Gasteiger partial charge < -0.3 is 11.1 Å². The predicted molar refractivity (Wildman–Crippen MR) is 75.7 cm³/mol. The number of nitrogens with one attached hydrogen (secondary N) is 1. The number of hydrogen-bond acceptors (Lipinski definition) is 4. The van der Waals surface area contributed by atoms with E-state index in [1.165, 1.54) is 11.3 Å². The molecule has 2 aromatic rings. The smallest absolute Gasteiger partial charge is 0.261 e. The summed E-state index contributed by atoms with van der Waals surface area (Å²) in [4.78, 5) is 17.3. The van der Waals surface area contributed by atoms with Gasteiger partial charge in [-0.05, 0) is 29.8 Å². The van der Waals surface area contributed by atoms with Gasteiger partial charge in [-0.25, -0.2) is 0 Å². The second-order valence-corrected chi connectivity index (χ2v) is 4.79. The van der Waals surface area contributed by atoms with Crippen molar-refractivity contribution in [1.29, 1.82) is 0 Å². The van der Waals surface area contributed by atoms with Gasteiger partial charge in [0.05, 0.1) is 16.3 Å². The Balaban J connectivity index is 1.95. The van der Waals surface area contributed by atoms with E-state index in [-0.39, 0.29) is 5.91 Å². The second kappa shape index (κ2) is 6.69. The third-order valence-corrected chi connectivity index (χ3v) is 3.35. The van der Waals surface area contributed by atoms with E-state index in [9.17, 15) is 4.79 Å². The summed E-state index contributed by atoms with van der Waals surface area (Å²) in [6.45, 7) is 0.810. The fraction of sp³-hybridized carbons (Fsp3) is 0.143. The summed E-state index contributed by atoms with van der Waals surface area (Å²) in [5.74, 6) is 5.58. The van der Waals surface area contributed by atoms with Gasteiger partial charge in [-0.1, -0.05) is 11.8 Å². The molecule has 2 rings (SSSR count). The van der Waals surface area contributed by atoms with Crippen LogP contribution >= 0.6 is 11.3 Å². The Morgan fingerprint density at radius 2 is 2.11 bits per heavy atom. The average Bonchev–Trinajstić information content (AvgIpc) is 2.92. The molecule has 0 fully saturated rings. The topological polar surface area (TPSA) is 68.0 Å². The monoisotopic (exact) mass is 271 g/mol. The van der Waals surface area contributed by atoms with Crippen LogP contribution in [0.1, 0.15) is 20.1 Å². The number of rotatable bonds is 3. The van der Waals surface area contributed by atoms with Gasteiger partial charge in [0.1, 0.15) is 0 Å². The van der Waals surface area contributed by atoms with E-state index in [1.807, 2.05) is 18.2 Å². The first kappa shape index (κ1) is 13.3. The molecule has 0 aliphatic heterocycles. The standard InChI is InChI=1S/C14H13N3OS/c15-7-1-2-12-3-4-13(19-12)14(18)17-10-11-5-8-16-9-6-11/h3-6,8-9H,7,10,15H2,(H,17,18). The van der Waals surface area contributed by atoms with Crippen LogP contribution in [0.5, 0.6) is 0 Å². The minimum absolute atomic E-state index is 0.0948. The first-order valence-corrected chi connectivity index (χ1v) is 6.57. The number of pyridine rings is 1. The molecule has 0 aliphatic rings. The van der Waals surface area contributed by atoms with Gasteiger partial charge >= 0.3 is 0 Å². The summed E-state index contributed by atoms with van der Waals surface area (Å²) in [6, 6.07) is 7.33. The molecular weight excluding hydrogens is 258 g/mol. The molecule has 0 saturated carbocycles. The highest BCUT2D eigenvalue weighted by Gasteiger charge is 2.07. The summed E-state index contributed by atoms with van der Waals surface area (Å²) < 4.78 is 0. The van der Waals surface area contributed by atoms with Crippen LogP contribution in [0.15, 0.2) is 36.7 Å². The zero-order valence-electron chi connectivity index (χ0n) is 10.2. The van der Waals surface area contributed by atoms with E-state index in [4.69, 9.17) is 5.73 Å². The van der Waals surface area contributed by atoms with Crippen LogP contribution in [-0.2, 0) is 6.54 Å². The molecule has 3 N–H and O–H groups in total. The van der Waals surface area contributed by atoms with Crippen LogP contribution in [0.4, 0.5) is 0 Å². The highest BCUT2D eigenvalue weighted by Crippen LogP contribution is 2.15. The summed E-state index contributed by atoms with van der Waals surface area (Å²) >= 11 is 1.36. The number of carbonyl (C=O) groups excluding carboxylic acids is 1. The van der Waals surface area contributed by atoms with Gasteiger partial charge in [-0.2, -0.15) is 0 Å². The minimum Gasteiger partial charge on any atom is -0.347 e. The van der Waals surface area contributed by atoms with E-state index in [2.05, 4.69) is 22.1 Å². The molecule has 0 saturated heterocycles. The van der Waals surface area contributed by atoms with Gasteiger partial charge in [0.15, 0.2) is 0 Å². The number of nitrogens with zero attached hydrogens (tertiary/aromatic N) is 1. The van der Waals surface area contributed by atoms with Crippen LogP contribution in [0.2, 0.25) is 0 Å². The van der Waals surface area contributed by atoms with E-state index in [0.717, 1.165) is 10.4 Å². The SMILES string of the molecule is NCC#Cc1ccc(C(=O)NCc2ccncc2)s1. The van der Waals surface area contributed by atoms with Crippen molar-refractivity contribution in [2.45, 2.75) is 6.54 Å². The second-order valence-electron chi connectivity index (χ2n) is 3.71.